The molecule has 0 aliphatic carbocycles. The molecule has 0 atom stereocenters. The number of unbranched alkanes of at least 4 members (excludes halogenated alkanes) is 6. The smallest absolute Gasteiger partial charge is 0.197 e. The SMILES string of the molecule is CCCCCCn1c2ccccc2c(=O)c2cc3c(cc21)c(=O)c1cc(Br)ccc1n3CCCCCC. The number of hydrogen-bond acceptors (Lipinski definition) is 2. The maximum Gasteiger partial charge on any atom is 0.197 e. The van der Waals surface area contributed by atoms with Crippen LogP contribution in [0, 0.1) is 0 Å². The van der Waals surface area contributed by atoms with Gasteiger partial charge in [-0.15, -0.1) is 0 Å². The van der Waals surface area contributed by atoms with Gasteiger partial charge in [0.25, 0.3) is 0 Å². The lowest BCUT2D eigenvalue weighted by Crippen LogP contribution is -2.16. The highest BCUT2D eigenvalue weighted by Crippen LogP contribution is 2.28. The Kier molecular flexibility index (Phi) is 7.80. The van der Waals surface area contributed by atoms with Gasteiger partial charge in [0.1, 0.15) is 0 Å². The molecular weight excluding hydrogens is 524 g/mol. The van der Waals surface area contributed by atoms with Crippen molar-refractivity contribution in [2.45, 2.75) is 78.3 Å². The lowest BCUT2D eigenvalue weighted by atomic mass is 10.0. The highest BCUT2D eigenvalue weighted by Gasteiger charge is 2.17. The van der Waals surface area contributed by atoms with E-state index in [2.05, 4.69) is 38.9 Å². The van der Waals surface area contributed by atoms with Crippen LogP contribution in [0.25, 0.3) is 43.6 Å². The van der Waals surface area contributed by atoms with Crippen LogP contribution in [-0.2, 0) is 13.1 Å². The van der Waals surface area contributed by atoms with Crippen molar-refractivity contribution in [3.8, 4) is 0 Å². The van der Waals surface area contributed by atoms with E-state index < -0.39 is 0 Å². The first-order chi connectivity index (χ1) is 18.0. The summed E-state index contributed by atoms with van der Waals surface area (Å²) in [7, 11) is 0. The summed E-state index contributed by atoms with van der Waals surface area (Å²) in [6.07, 6.45) is 9.11. The molecule has 2 aromatic heterocycles. The molecule has 0 N–H and O–H groups in total. The molecule has 0 fully saturated rings. The number of nitrogens with zero attached hydrogens (tertiary/aromatic N) is 2. The third-order valence-corrected chi connectivity index (χ3v) is 8.08. The molecule has 0 saturated heterocycles. The second kappa shape index (κ2) is 11.2. The van der Waals surface area contributed by atoms with Gasteiger partial charge in [0.05, 0.1) is 22.1 Å². The zero-order valence-electron chi connectivity index (χ0n) is 21.9. The van der Waals surface area contributed by atoms with Gasteiger partial charge < -0.3 is 9.13 Å². The van der Waals surface area contributed by atoms with E-state index in [-0.39, 0.29) is 10.9 Å². The van der Waals surface area contributed by atoms with Gasteiger partial charge in [-0.1, -0.05) is 80.4 Å². The Labute approximate surface area is 226 Å². The van der Waals surface area contributed by atoms with Crippen LogP contribution in [-0.4, -0.2) is 9.13 Å². The molecule has 5 heteroatoms. The average Bonchev–Trinajstić information content (AvgIpc) is 2.92. The molecule has 5 aromatic rings. The fourth-order valence-electron chi connectivity index (χ4n) is 5.64. The molecule has 0 saturated carbocycles. The highest BCUT2D eigenvalue weighted by atomic mass is 79.9. The molecule has 0 bridgehead atoms. The standard InChI is InChI=1S/C32H35BrN2O2/c1-3-5-7-11-17-34-27-14-10-9-13-23(27)31(36)25-20-30-26(21-29(25)34)32(37)24-19-22(33)15-16-28(24)35(30)18-12-8-6-4-2/h9-10,13-16,19-21H,3-8,11-12,17-18H2,1-2H3. The number of halogens is 1. The van der Waals surface area contributed by atoms with Crippen LogP contribution in [0.3, 0.4) is 0 Å². The first kappa shape index (κ1) is 25.7. The summed E-state index contributed by atoms with van der Waals surface area (Å²) in [5.41, 5.74) is 3.65. The van der Waals surface area contributed by atoms with Gasteiger partial charge in [-0.25, -0.2) is 0 Å². The lowest BCUT2D eigenvalue weighted by molar-refractivity contribution is 0.600. The minimum absolute atomic E-state index is 0.0242. The van der Waals surface area contributed by atoms with E-state index in [1.165, 1.54) is 25.7 Å². The van der Waals surface area contributed by atoms with Crippen LogP contribution in [0.2, 0.25) is 0 Å². The number of aromatic nitrogens is 2. The molecule has 4 nitrogen and oxygen atoms in total. The van der Waals surface area contributed by atoms with Gasteiger partial charge in [-0.2, -0.15) is 0 Å². The fraction of sp³-hybridized carbons (Fsp3) is 0.375. The predicted molar refractivity (Wildman–Crippen MR) is 161 cm³/mol. The monoisotopic (exact) mass is 558 g/mol. The predicted octanol–water partition coefficient (Wildman–Crippen LogP) is 8.55. The van der Waals surface area contributed by atoms with Crippen molar-refractivity contribution in [3.05, 3.63) is 79.5 Å². The summed E-state index contributed by atoms with van der Waals surface area (Å²) in [5.74, 6) is 0. The molecule has 0 radical (unpaired) electrons. The number of rotatable bonds is 10. The summed E-state index contributed by atoms with van der Waals surface area (Å²) in [4.78, 5) is 27.6. The Morgan fingerprint density at radius 1 is 0.568 bits per heavy atom. The Morgan fingerprint density at radius 2 is 1.08 bits per heavy atom. The second-order valence-electron chi connectivity index (χ2n) is 10.1. The van der Waals surface area contributed by atoms with Crippen LogP contribution in [0.15, 0.2) is 68.7 Å². The van der Waals surface area contributed by atoms with Crippen molar-refractivity contribution in [1.82, 2.24) is 9.13 Å². The number of pyridine rings is 2. The van der Waals surface area contributed by atoms with Crippen molar-refractivity contribution >= 4 is 59.5 Å². The summed E-state index contributed by atoms with van der Waals surface area (Å²) >= 11 is 3.56. The lowest BCUT2D eigenvalue weighted by Gasteiger charge is -2.19. The summed E-state index contributed by atoms with van der Waals surface area (Å²) in [6.45, 7) is 6.07. The maximum atomic E-state index is 13.8. The van der Waals surface area contributed by atoms with E-state index in [1.807, 2.05) is 54.6 Å². The quantitative estimate of drug-likeness (QED) is 0.127. The molecule has 0 spiro atoms. The van der Waals surface area contributed by atoms with Crippen LogP contribution in [0.1, 0.15) is 65.2 Å². The third kappa shape index (κ3) is 4.86. The number of para-hydroxylation sites is 1. The van der Waals surface area contributed by atoms with E-state index >= 15 is 0 Å². The second-order valence-corrected chi connectivity index (χ2v) is 11.1. The number of aryl methyl sites for hydroxylation is 2. The molecule has 0 aliphatic heterocycles. The molecule has 192 valence electrons. The topological polar surface area (TPSA) is 44.0 Å². The van der Waals surface area contributed by atoms with Crippen molar-refractivity contribution < 1.29 is 0 Å². The van der Waals surface area contributed by atoms with Crippen molar-refractivity contribution in [2.75, 3.05) is 0 Å². The van der Waals surface area contributed by atoms with Gasteiger partial charge >= 0.3 is 0 Å². The molecule has 3 aromatic carbocycles. The van der Waals surface area contributed by atoms with E-state index in [4.69, 9.17) is 0 Å². The summed E-state index contributed by atoms with van der Waals surface area (Å²) in [5, 5.41) is 2.84. The Bertz CT molecular complexity index is 1710. The zero-order chi connectivity index (χ0) is 25.9. The first-order valence-electron chi connectivity index (χ1n) is 13.8. The van der Waals surface area contributed by atoms with E-state index in [1.54, 1.807) is 0 Å². The first-order valence-corrected chi connectivity index (χ1v) is 14.6. The molecule has 2 heterocycles. The molecule has 37 heavy (non-hydrogen) atoms. The average molecular weight is 560 g/mol. The van der Waals surface area contributed by atoms with Crippen molar-refractivity contribution in [1.29, 1.82) is 0 Å². The minimum atomic E-state index is 0.0242. The third-order valence-electron chi connectivity index (χ3n) is 7.59. The summed E-state index contributed by atoms with van der Waals surface area (Å²) in [6, 6.07) is 17.8. The fourth-order valence-corrected chi connectivity index (χ4v) is 6.00. The van der Waals surface area contributed by atoms with Crippen molar-refractivity contribution in [3.63, 3.8) is 0 Å². The zero-order valence-corrected chi connectivity index (χ0v) is 23.4. The molecular formula is C32H35BrN2O2. The molecule has 0 unspecified atom stereocenters. The van der Waals surface area contributed by atoms with Crippen LogP contribution in [0.5, 0.6) is 0 Å². The van der Waals surface area contributed by atoms with Crippen molar-refractivity contribution in [2.24, 2.45) is 0 Å². The van der Waals surface area contributed by atoms with Gasteiger partial charge in [-0.05, 0) is 55.3 Å². The van der Waals surface area contributed by atoms with E-state index in [9.17, 15) is 9.59 Å². The molecule has 5 rings (SSSR count). The Hall–Kier alpha value is -2.92. The molecule has 0 amide bonds. The Morgan fingerprint density at radius 3 is 1.68 bits per heavy atom. The number of hydrogen-bond donors (Lipinski definition) is 0. The number of benzene rings is 3. The van der Waals surface area contributed by atoms with Crippen LogP contribution >= 0.6 is 15.9 Å². The van der Waals surface area contributed by atoms with E-state index in [0.29, 0.717) is 16.2 Å². The largest absolute Gasteiger partial charge is 0.340 e. The van der Waals surface area contributed by atoms with Crippen LogP contribution in [0.4, 0.5) is 0 Å². The van der Waals surface area contributed by atoms with Gasteiger partial charge in [0.2, 0.25) is 0 Å². The van der Waals surface area contributed by atoms with Crippen LogP contribution < -0.4 is 10.9 Å². The van der Waals surface area contributed by atoms with E-state index in [0.717, 1.165) is 70.7 Å². The number of fused-ring (bicyclic) bond motifs is 4. The van der Waals surface area contributed by atoms with Gasteiger partial charge in [0.15, 0.2) is 10.9 Å². The minimum Gasteiger partial charge on any atom is -0.340 e. The normalized spacial score (nSPS) is 11.9. The highest BCUT2D eigenvalue weighted by molar-refractivity contribution is 9.10. The van der Waals surface area contributed by atoms with Gasteiger partial charge in [-0.3, -0.25) is 9.59 Å². The van der Waals surface area contributed by atoms with Gasteiger partial charge in [0, 0.05) is 39.1 Å². The maximum absolute atomic E-state index is 13.8. The summed E-state index contributed by atoms with van der Waals surface area (Å²) < 4.78 is 5.42. The molecule has 0 aliphatic rings. The Balaban J connectivity index is 1.83.